The molecule has 3 heterocycles. The summed E-state index contributed by atoms with van der Waals surface area (Å²) in [7, 11) is -2.38. The monoisotopic (exact) mass is 545 g/mol. The molecule has 1 amide bonds. The molecule has 0 unspecified atom stereocenters. The maximum absolute atomic E-state index is 13.6. The number of anilines is 1. The van der Waals surface area contributed by atoms with Gasteiger partial charge in [-0.1, -0.05) is 22.8 Å². The van der Waals surface area contributed by atoms with Crippen LogP contribution in [-0.2, 0) is 29.5 Å². The molecule has 0 saturated heterocycles. The summed E-state index contributed by atoms with van der Waals surface area (Å²) >= 11 is 5.92. The Hall–Kier alpha value is -3.77. The first-order chi connectivity index (χ1) is 17.4. The summed E-state index contributed by atoms with van der Waals surface area (Å²) in [6.07, 6.45) is 2.88. The number of hydrogen-bond acceptors (Lipinski definition) is 8. The van der Waals surface area contributed by atoms with Gasteiger partial charge in [-0.05, 0) is 35.7 Å². The average Bonchev–Trinajstić information content (AvgIpc) is 3.38. The van der Waals surface area contributed by atoms with Crippen molar-refractivity contribution >= 4 is 44.1 Å². The number of hydrogen-bond donors (Lipinski definition) is 1. The van der Waals surface area contributed by atoms with Crippen LogP contribution >= 0.6 is 11.6 Å². The molecule has 13 heteroatoms. The fraction of sp³-hybridized carbons (Fsp3) is 0.250. The molecule has 4 aromatic rings. The minimum absolute atomic E-state index is 0.00662. The molecule has 1 N–H and O–H groups in total. The Balaban J connectivity index is 1.65. The van der Waals surface area contributed by atoms with Crippen molar-refractivity contribution in [1.82, 2.24) is 20.0 Å². The van der Waals surface area contributed by atoms with Gasteiger partial charge in [-0.15, -0.1) is 0 Å². The lowest BCUT2D eigenvalue weighted by Gasteiger charge is -2.23. The second-order valence-electron chi connectivity index (χ2n) is 8.84. The zero-order chi connectivity index (χ0) is 26.6. The van der Waals surface area contributed by atoms with E-state index in [1.165, 1.54) is 30.3 Å². The summed E-state index contributed by atoms with van der Waals surface area (Å²) < 4.78 is 44.9. The van der Waals surface area contributed by atoms with Crippen molar-refractivity contribution < 1.29 is 27.2 Å². The van der Waals surface area contributed by atoms with E-state index >= 15 is 0 Å². The van der Waals surface area contributed by atoms with Gasteiger partial charge in [0.05, 0.1) is 29.1 Å². The van der Waals surface area contributed by atoms with Crippen molar-refractivity contribution in [2.24, 2.45) is 0 Å². The lowest BCUT2D eigenvalue weighted by molar-refractivity contribution is 0.0759. The lowest BCUT2D eigenvalue weighted by Crippen LogP contribution is -2.26. The number of aryl methyl sites for hydroxylation is 1. The normalized spacial score (nSPS) is 13.4. The number of phenolic OH excluding ortho intramolecular Hbond substituents is 1. The molecule has 0 aliphatic carbocycles. The molecule has 192 valence electrons. The predicted octanol–water partition coefficient (Wildman–Crippen LogP) is 3.57. The van der Waals surface area contributed by atoms with Gasteiger partial charge < -0.3 is 14.5 Å². The Bertz CT molecular complexity index is 1690. The third-order valence-corrected chi connectivity index (χ3v) is 7.67. The van der Waals surface area contributed by atoms with Crippen LogP contribution in [0.15, 0.2) is 35.0 Å². The summed E-state index contributed by atoms with van der Waals surface area (Å²) in [6.45, 7) is 1.64. The number of carbonyl (C=O) groups is 1. The standard InChI is InChI=1S/C24H21ClFN5O5S/c1-12-28-19(29-36-12)11-31-10-16-20(24(31)33)23(32)21-15(22(16)30(2)37(3,34)35)7-14(9-27-21)6-13-4-5-18(26)17(25)8-13/h4-5,7-9,32H,6,10-11H2,1-3H3. The summed E-state index contributed by atoms with van der Waals surface area (Å²) in [5.41, 5.74) is 2.01. The number of nitrogens with zero attached hydrogens (tertiary/aromatic N) is 5. The van der Waals surface area contributed by atoms with E-state index in [4.69, 9.17) is 16.1 Å². The van der Waals surface area contributed by atoms with Gasteiger partial charge in [0, 0.05) is 37.7 Å². The second kappa shape index (κ2) is 8.96. The first-order valence-electron chi connectivity index (χ1n) is 11.1. The number of carbonyl (C=O) groups excluding carboxylic acids is 1. The SMILES string of the molecule is Cc1nc(CN2Cc3c(c(O)c4ncc(Cc5ccc(F)c(Cl)c5)cc4c3N(C)S(C)(=O)=O)C2=O)no1. The predicted molar refractivity (Wildman–Crippen MR) is 133 cm³/mol. The van der Waals surface area contributed by atoms with Crippen LogP contribution in [0.4, 0.5) is 10.1 Å². The van der Waals surface area contributed by atoms with Crippen LogP contribution in [0.2, 0.25) is 5.02 Å². The molecule has 0 fully saturated rings. The van der Waals surface area contributed by atoms with Crippen LogP contribution in [0.5, 0.6) is 5.75 Å². The highest BCUT2D eigenvalue weighted by Gasteiger charge is 2.37. The lowest BCUT2D eigenvalue weighted by atomic mass is 9.98. The minimum Gasteiger partial charge on any atom is -0.505 e. The molecule has 1 aliphatic rings. The quantitative estimate of drug-likeness (QED) is 0.389. The largest absolute Gasteiger partial charge is 0.505 e. The number of amides is 1. The van der Waals surface area contributed by atoms with Gasteiger partial charge in [-0.25, -0.2) is 12.8 Å². The first kappa shape index (κ1) is 24.9. The molecule has 10 nitrogen and oxygen atoms in total. The van der Waals surface area contributed by atoms with Crippen molar-refractivity contribution in [2.45, 2.75) is 26.4 Å². The number of aromatic nitrogens is 3. The fourth-order valence-electron chi connectivity index (χ4n) is 4.44. The number of fused-ring (bicyclic) bond motifs is 2. The maximum atomic E-state index is 13.6. The fourth-order valence-corrected chi connectivity index (χ4v) is 5.18. The number of phenols is 1. The van der Waals surface area contributed by atoms with E-state index in [1.807, 2.05) is 0 Å². The number of sulfonamides is 1. The Morgan fingerprint density at radius 1 is 1.27 bits per heavy atom. The third kappa shape index (κ3) is 4.46. The molecule has 0 bridgehead atoms. The number of rotatable bonds is 6. The Morgan fingerprint density at radius 3 is 2.68 bits per heavy atom. The Kier molecular flexibility index (Phi) is 6.03. The van der Waals surface area contributed by atoms with E-state index in [1.54, 1.807) is 19.1 Å². The number of halogens is 2. The zero-order valence-corrected chi connectivity index (χ0v) is 21.6. The van der Waals surface area contributed by atoms with E-state index in [2.05, 4.69) is 15.1 Å². The topological polar surface area (TPSA) is 130 Å². The second-order valence-corrected chi connectivity index (χ2v) is 11.3. The summed E-state index contributed by atoms with van der Waals surface area (Å²) in [5.74, 6) is -0.774. The summed E-state index contributed by atoms with van der Waals surface area (Å²) in [5, 5.41) is 15.2. The molecule has 0 radical (unpaired) electrons. The zero-order valence-electron chi connectivity index (χ0n) is 20.0. The van der Waals surface area contributed by atoms with Crippen LogP contribution in [0.3, 0.4) is 0 Å². The van der Waals surface area contributed by atoms with E-state index < -0.39 is 21.7 Å². The summed E-state index contributed by atoms with van der Waals surface area (Å²) in [4.78, 5) is 23.2. The van der Waals surface area contributed by atoms with E-state index in [0.29, 0.717) is 34.4 Å². The van der Waals surface area contributed by atoms with Gasteiger partial charge in [-0.3, -0.25) is 14.1 Å². The van der Waals surface area contributed by atoms with Crippen molar-refractivity contribution in [2.75, 3.05) is 17.6 Å². The van der Waals surface area contributed by atoms with E-state index in [0.717, 1.165) is 10.6 Å². The van der Waals surface area contributed by atoms with Crippen LogP contribution in [0.25, 0.3) is 10.9 Å². The van der Waals surface area contributed by atoms with Crippen molar-refractivity contribution in [1.29, 1.82) is 0 Å². The summed E-state index contributed by atoms with van der Waals surface area (Å²) in [6, 6.07) is 6.05. The Labute approximate surface area is 216 Å². The highest BCUT2D eigenvalue weighted by molar-refractivity contribution is 7.92. The molecule has 37 heavy (non-hydrogen) atoms. The number of pyridine rings is 1. The van der Waals surface area contributed by atoms with Crippen LogP contribution in [0.1, 0.15) is 38.8 Å². The molecule has 0 atom stereocenters. The van der Waals surface area contributed by atoms with Crippen LogP contribution in [0, 0.1) is 12.7 Å². The highest BCUT2D eigenvalue weighted by Crippen LogP contribution is 2.44. The molecule has 2 aromatic carbocycles. The smallest absolute Gasteiger partial charge is 0.258 e. The molecular formula is C24H21ClFN5O5S. The van der Waals surface area contributed by atoms with E-state index in [-0.39, 0.29) is 46.5 Å². The molecule has 1 aliphatic heterocycles. The van der Waals surface area contributed by atoms with Gasteiger partial charge in [0.2, 0.25) is 15.9 Å². The minimum atomic E-state index is -3.76. The average molecular weight is 546 g/mol. The molecule has 2 aromatic heterocycles. The van der Waals surface area contributed by atoms with Crippen molar-refractivity contribution in [3.05, 3.63) is 75.3 Å². The molecule has 0 saturated carbocycles. The van der Waals surface area contributed by atoms with Crippen molar-refractivity contribution in [3.63, 3.8) is 0 Å². The van der Waals surface area contributed by atoms with Crippen LogP contribution in [-0.4, -0.2) is 52.8 Å². The third-order valence-electron chi connectivity index (χ3n) is 6.20. The first-order valence-corrected chi connectivity index (χ1v) is 13.3. The van der Waals surface area contributed by atoms with Gasteiger partial charge in [0.15, 0.2) is 11.6 Å². The maximum Gasteiger partial charge on any atom is 0.258 e. The molecular weight excluding hydrogens is 525 g/mol. The van der Waals surface area contributed by atoms with Gasteiger partial charge >= 0.3 is 0 Å². The van der Waals surface area contributed by atoms with Crippen LogP contribution < -0.4 is 4.31 Å². The van der Waals surface area contributed by atoms with Gasteiger partial charge in [-0.2, -0.15) is 4.98 Å². The van der Waals surface area contributed by atoms with E-state index in [9.17, 15) is 22.7 Å². The van der Waals surface area contributed by atoms with Gasteiger partial charge in [0.25, 0.3) is 5.91 Å². The highest BCUT2D eigenvalue weighted by atomic mass is 35.5. The molecule has 0 spiro atoms. The van der Waals surface area contributed by atoms with Crippen molar-refractivity contribution in [3.8, 4) is 5.75 Å². The van der Waals surface area contributed by atoms with Gasteiger partial charge in [0.1, 0.15) is 11.3 Å². The Morgan fingerprint density at radius 2 is 2.03 bits per heavy atom. The molecule has 5 rings (SSSR count). The number of aromatic hydroxyl groups is 1. The number of benzene rings is 2.